The number of rotatable bonds is 7. The molecule has 0 atom stereocenters. The Morgan fingerprint density at radius 2 is 2.08 bits per heavy atom. The lowest BCUT2D eigenvalue weighted by Crippen LogP contribution is -2.14. The zero-order valence-electron chi connectivity index (χ0n) is 15.1. The van der Waals surface area contributed by atoms with Gasteiger partial charge in [0.05, 0.1) is 11.9 Å². The van der Waals surface area contributed by atoms with E-state index in [0.29, 0.717) is 10.6 Å². The van der Waals surface area contributed by atoms with Gasteiger partial charge in [-0.15, -0.1) is 0 Å². The molecule has 0 aliphatic heterocycles. The van der Waals surface area contributed by atoms with Gasteiger partial charge in [-0.1, -0.05) is 43.1 Å². The fourth-order valence-electron chi connectivity index (χ4n) is 3.51. The molecule has 0 aliphatic rings. The number of hydrogen-bond acceptors (Lipinski definition) is 2. The number of amides is 1. The van der Waals surface area contributed by atoms with Crippen LogP contribution in [-0.4, -0.2) is 20.4 Å². The van der Waals surface area contributed by atoms with Gasteiger partial charge in [-0.25, -0.2) is 4.98 Å². The van der Waals surface area contributed by atoms with Crippen LogP contribution in [0.3, 0.4) is 0 Å². The summed E-state index contributed by atoms with van der Waals surface area (Å²) in [5.74, 6) is -0.421. The summed E-state index contributed by atoms with van der Waals surface area (Å²) in [4.78, 5) is 19.5. The Bertz CT molecular complexity index is 912. The van der Waals surface area contributed by atoms with Crippen LogP contribution < -0.4 is 5.73 Å². The van der Waals surface area contributed by atoms with Crippen molar-refractivity contribution in [3.8, 4) is 11.1 Å². The highest BCUT2D eigenvalue weighted by Gasteiger charge is 2.25. The van der Waals surface area contributed by atoms with E-state index < -0.39 is 5.91 Å². The monoisotopic (exact) mass is 370 g/mol. The van der Waals surface area contributed by atoms with Crippen LogP contribution in [0.2, 0.25) is 5.02 Å². The number of halogens is 1. The number of hydrogen-bond donors (Lipinski definition) is 2. The first kappa shape index (κ1) is 18.3. The fraction of sp³-hybridized carbons (Fsp3) is 0.300. The van der Waals surface area contributed by atoms with Gasteiger partial charge >= 0.3 is 0 Å². The first-order chi connectivity index (χ1) is 12.5. The van der Waals surface area contributed by atoms with Crippen molar-refractivity contribution < 1.29 is 4.79 Å². The first-order valence-electron chi connectivity index (χ1n) is 8.78. The van der Waals surface area contributed by atoms with Crippen LogP contribution in [0, 0.1) is 6.92 Å². The Kier molecular flexibility index (Phi) is 5.47. The Hall–Kier alpha value is -2.53. The largest absolute Gasteiger partial charge is 0.366 e. The third kappa shape index (κ3) is 3.40. The van der Waals surface area contributed by atoms with E-state index in [2.05, 4.69) is 21.5 Å². The van der Waals surface area contributed by atoms with Gasteiger partial charge in [-0.3, -0.25) is 4.79 Å². The lowest BCUT2D eigenvalue weighted by Gasteiger charge is -2.13. The van der Waals surface area contributed by atoms with Crippen LogP contribution >= 0.6 is 11.6 Å². The Labute approximate surface area is 158 Å². The van der Waals surface area contributed by atoms with Crippen molar-refractivity contribution in [2.24, 2.45) is 5.73 Å². The maximum absolute atomic E-state index is 12.3. The number of benzene rings is 1. The van der Waals surface area contributed by atoms with E-state index in [1.54, 1.807) is 6.33 Å². The molecule has 0 spiro atoms. The highest BCUT2D eigenvalue weighted by atomic mass is 35.5. The number of primary amides is 1. The molecular formula is C20H23ClN4O. The third-order valence-electron chi connectivity index (χ3n) is 4.67. The predicted octanol–water partition coefficient (Wildman–Crippen LogP) is 4.13. The molecule has 1 amide bonds. The van der Waals surface area contributed by atoms with E-state index in [1.165, 1.54) is 0 Å². The van der Waals surface area contributed by atoms with Gasteiger partial charge in [0.25, 0.3) is 5.91 Å². The van der Waals surface area contributed by atoms with E-state index in [0.717, 1.165) is 54.0 Å². The molecule has 3 aromatic rings. The van der Waals surface area contributed by atoms with Crippen molar-refractivity contribution in [3.63, 3.8) is 0 Å². The molecule has 6 heteroatoms. The van der Waals surface area contributed by atoms with Crippen LogP contribution in [0.4, 0.5) is 0 Å². The van der Waals surface area contributed by atoms with E-state index in [9.17, 15) is 4.79 Å². The standard InChI is InChI=1S/C20H23ClN4O/c1-3-6-17-19(15-7-4-5-8-16(15)21)18(20(22)26)13(2)25(17)10-9-14-11-23-12-24-14/h4-5,7-8,11-12H,3,6,9-10H2,1-2H3,(H2,22,26)(H,23,24). The molecule has 26 heavy (non-hydrogen) atoms. The lowest BCUT2D eigenvalue weighted by molar-refractivity contribution is 0.1000. The highest BCUT2D eigenvalue weighted by molar-refractivity contribution is 6.33. The molecule has 0 radical (unpaired) electrons. The Balaban J connectivity index is 2.16. The molecule has 0 saturated heterocycles. The molecule has 136 valence electrons. The normalized spacial score (nSPS) is 11.0. The second-order valence-electron chi connectivity index (χ2n) is 6.35. The smallest absolute Gasteiger partial charge is 0.251 e. The number of carbonyl (C=O) groups is 1. The summed E-state index contributed by atoms with van der Waals surface area (Å²) < 4.78 is 2.20. The van der Waals surface area contributed by atoms with Crippen molar-refractivity contribution in [1.82, 2.24) is 14.5 Å². The molecule has 0 bridgehead atoms. The number of nitrogens with two attached hydrogens (primary N) is 1. The van der Waals surface area contributed by atoms with Gasteiger partial charge in [0.15, 0.2) is 0 Å². The molecule has 2 heterocycles. The topological polar surface area (TPSA) is 76.7 Å². The average molecular weight is 371 g/mol. The number of imidazole rings is 1. The number of aromatic amines is 1. The summed E-state index contributed by atoms with van der Waals surface area (Å²) in [6, 6.07) is 7.60. The van der Waals surface area contributed by atoms with Gasteiger partial charge in [0, 0.05) is 52.4 Å². The van der Waals surface area contributed by atoms with E-state index >= 15 is 0 Å². The van der Waals surface area contributed by atoms with Gasteiger partial charge in [0.2, 0.25) is 0 Å². The second-order valence-corrected chi connectivity index (χ2v) is 6.76. The summed E-state index contributed by atoms with van der Waals surface area (Å²) in [6.07, 6.45) is 6.10. The molecule has 3 N–H and O–H groups in total. The SMILES string of the molecule is CCCc1c(-c2ccccc2Cl)c(C(N)=O)c(C)n1CCc1cnc[nH]1. The second kappa shape index (κ2) is 7.79. The Morgan fingerprint density at radius 3 is 2.69 bits per heavy atom. The molecule has 0 aliphatic carbocycles. The average Bonchev–Trinajstić information content (AvgIpc) is 3.21. The van der Waals surface area contributed by atoms with E-state index in [1.807, 2.05) is 37.4 Å². The zero-order valence-corrected chi connectivity index (χ0v) is 15.8. The van der Waals surface area contributed by atoms with Gasteiger partial charge in [0.1, 0.15) is 0 Å². The van der Waals surface area contributed by atoms with Gasteiger partial charge < -0.3 is 15.3 Å². The minimum Gasteiger partial charge on any atom is -0.366 e. The molecule has 0 saturated carbocycles. The molecular weight excluding hydrogens is 348 g/mol. The van der Waals surface area contributed by atoms with Crippen LogP contribution in [0.25, 0.3) is 11.1 Å². The minimum absolute atomic E-state index is 0.421. The van der Waals surface area contributed by atoms with Crippen molar-refractivity contribution in [2.45, 2.75) is 39.7 Å². The predicted molar refractivity (Wildman–Crippen MR) is 104 cm³/mol. The molecule has 1 aromatic carbocycles. The maximum Gasteiger partial charge on any atom is 0.251 e. The summed E-state index contributed by atoms with van der Waals surface area (Å²) >= 11 is 6.45. The highest BCUT2D eigenvalue weighted by Crippen LogP contribution is 2.37. The van der Waals surface area contributed by atoms with E-state index in [4.69, 9.17) is 17.3 Å². The summed E-state index contributed by atoms with van der Waals surface area (Å²) in [7, 11) is 0. The number of nitrogens with one attached hydrogen (secondary N) is 1. The third-order valence-corrected chi connectivity index (χ3v) is 5.00. The molecule has 0 fully saturated rings. The zero-order chi connectivity index (χ0) is 18.7. The lowest BCUT2D eigenvalue weighted by atomic mass is 9.98. The summed E-state index contributed by atoms with van der Waals surface area (Å²) in [5.41, 5.74) is 11.1. The number of H-pyrrole nitrogens is 1. The van der Waals surface area contributed by atoms with Gasteiger partial charge in [-0.2, -0.15) is 0 Å². The maximum atomic E-state index is 12.3. The van der Waals surface area contributed by atoms with Crippen LogP contribution in [0.5, 0.6) is 0 Å². The molecule has 3 rings (SSSR count). The van der Waals surface area contributed by atoms with Crippen molar-refractivity contribution in [1.29, 1.82) is 0 Å². The first-order valence-corrected chi connectivity index (χ1v) is 9.16. The number of aromatic nitrogens is 3. The fourth-order valence-corrected chi connectivity index (χ4v) is 3.74. The van der Waals surface area contributed by atoms with Crippen LogP contribution in [-0.2, 0) is 19.4 Å². The molecule has 5 nitrogen and oxygen atoms in total. The van der Waals surface area contributed by atoms with Crippen molar-refractivity contribution in [3.05, 3.63) is 64.5 Å². The summed E-state index contributed by atoms with van der Waals surface area (Å²) in [5, 5.41) is 0.623. The van der Waals surface area contributed by atoms with Crippen LogP contribution in [0.1, 0.15) is 40.8 Å². The Morgan fingerprint density at radius 1 is 1.31 bits per heavy atom. The number of nitrogens with zero attached hydrogens (tertiary/aromatic N) is 2. The molecule has 0 unspecified atom stereocenters. The van der Waals surface area contributed by atoms with Crippen LogP contribution in [0.15, 0.2) is 36.8 Å². The molecule has 2 aromatic heterocycles. The van der Waals surface area contributed by atoms with E-state index in [-0.39, 0.29) is 0 Å². The number of carbonyl (C=O) groups excluding carboxylic acids is 1. The summed E-state index contributed by atoms with van der Waals surface area (Å²) in [6.45, 7) is 4.82. The minimum atomic E-state index is -0.421. The van der Waals surface area contributed by atoms with Gasteiger partial charge in [-0.05, 0) is 19.4 Å². The van der Waals surface area contributed by atoms with Crippen molar-refractivity contribution >= 4 is 17.5 Å². The number of aryl methyl sites for hydroxylation is 1. The van der Waals surface area contributed by atoms with Crippen molar-refractivity contribution in [2.75, 3.05) is 0 Å². The quantitative estimate of drug-likeness (QED) is 0.655.